The fourth-order valence-corrected chi connectivity index (χ4v) is 3.82. The lowest BCUT2D eigenvalue weighted by Gasteiger charge is -2.34. The third kappa shape index (κ3) is 4.38. The number of anilines is 1. The minimum Gasteiger partial charge on any atom is -0.454 e. The van der Waals surface area contributed by atoms with Gasteiger partial charge in [0.15, 0.2) is 17.3 Å². The molecule has 2 aliphatic heterocycles. The quantitative estimate of drug-likeness (QED) is 0.711. The highest BCUT2D eigenvalue weighted by atomic mass is 16.7. The summed E-state index contributed by atoms with van der Waals surface area (Å²) in [5.74, 6) is 0.544. The van der Waals surface area contributed by atoms with Gasteiger partial charge >= 0.3 is 0 Å². The fourth-order valence-electron chi connectivity index (χ4n) is 3.82. The van der Waals surface area contributed by atoms with E-state index in [-0.39, 0.29) is 30.9 Å². The molecule has 2 aliphatic rings. The van der Waals surface area contributed by atoms with Crippen molar-refractivity contribution in [1.29, 1.82) is 0 Å². The molecule has 0 spiro atoms. The number of rotatable bonds is 5. The monoisotopic (exact) mass is 427 g/mol. The second kappa shape index (κ2) is 8.38. The number of carbonyl (C=O) groups is 3. The number of ether oxygens (including phenoxy) is 2. The van der Waals surface area contributed by atoms with Crippen molar-refractivity contribution < 1.29 is 23.9 Å². The van der Waals surface area contributed by atoms with Gasteiger partial charge in [-0.05, 0) is 19.9 Å². The summed E-state index contributed by atoms with van der Waals surface area (Å²) < 4.78 is 12.3. The van der Waals surface area contributed by atoms with Crippen molar-refractivity contribution in [2.24, 2.45) is 7.05 Å². The van der Waals surface area contributed by atoms with Crippen molar-refractivity contribution >= 4 is 23.3 Å². The number of nitrogens with zero attached hydrogens (tertiary/aromatic N) is 4. The first kappa shape index (κ1) is 20.9. The molecule has 4 rings (SSSR count). The number of aryl methyl sites for hydroxylation is 2. The average Bonchev–Trinajstić information content (AvgIpc) is 3.32. The molecule has 10 nitrogen and oxygen atoms in total. The number of hydrogen-bond acceptors (Lipinski definition) is 7. The Kier molecular flexibility index (Phi) is 5.64. The number of ketones is 1. The minimum absolute atomic E-state index is 0.0406. The van der Waals surface area contributed by atoms with E-state index in [4.69, 9.17) is 9.47 Å². The predicted molar refractivity (Wildman–Crippen MR) is 111 cm³/mol. The maximum Gasteiger partial charge on any atom is 0.257 e. The summed E-state index contributed by atoms with van der Waals surface area (Å²) in [6, 6.07) is 3.20. The number of Topliss-reactive ketones (excluding diaryl/α,β-unsaturated/α-hetero) is 1. The van der Waals surface area contributed by atoms with Gasteiger partial charge < -0.3 is 19.7 Å². The molecule has 3 heterocycles. The molecule has 31 heavy (non-hydrogen) atoms. The topological polar surface area (TPSA) is 106 Å². The second-order valence-corrected chi connectivity index (χ2v) is 7.73. The smallest absolute Gasteiger partial charge is 0.257 e. The van der Waals surface area contributed by atoms with E-state index >= 15 is 0 Å². The summed E-state index contributed by atoms with van der Waals surface area (Å²) in [6.07, 6.45) is 1.73. The number of hydrogen-bond donors (Lipinski definition) is 1. The standard InChI is InChI=1S/C21H25N5O5/c1-13-16(10-24(3)23-13)21(29)26-6-4-25(5-7-26)11-20(28)22-17-9-19-18(30-12-31-19)8-15(17)14(2)27/h8-10H,4-7,11-12H2,1-3H3,(H,22,28). The van der Waals surface area contributed by atoms with Crippen molar-refractivity contribution in [2.75, 3.05) is 44.8 Å². The molecule has 10 heteroatoms. The van der Waals surface area contributed by atoms with Gasteiger partial charge in [-0.25, -0.2) is 0 Å². The zero-order valence-electron chi connectivity index (χ0n) is 17.8. The number of aromatic nitrogens is 2. The molecule has 164 valence electrons. The van der Waals surface area contributed by atoms with E-state index in [1.54, 1.807) is 35.0 Å². The first-order chi connectivity index (χ1) is 14.8. The van der Waals surface area contributed by atoms with Gasteiger partial charge in [0.05, 0.1) is 23.5 Å². The lowest BCUT2D eigenvalue weighted by molar-refractivity contribution is -0.117. The number of carbonyl (C=O) groups excluding carboxylic acids is 3. The lowest BCUT2D eigenvalue weighted by atomic mass is 10.1. The van der Waals surface area contributed by atoms with E-state index in [0.717, 1.165) is 0 Å². The highest BCUT2D eigenvalue weighted by molar-refractivity contribution is 6.05. The average molecular weight is 427 g/mol. The molecule has 0 atom stereocenters. The number of nitrogens with one attached hydrogen (secondary N) is 1. The van der Waals surface area contributed by atoms with Gasteiger partial charge in [0.1, 0.15) is 0 Å². The first-order valence-corrected chi connectivity index (χ1v) is 10.1. The summed E-state index contributed by atoms with van der Waals surface area (Å²) in [6.45, 7) is 5.74. The van der Waals surface area contributed by atoms with Gasteiger partial charge in [-0.2, -0.15) is 5.10 Å². The van der Waals surface area contributed by atoms with Crippen molar-refractivity contribution in [3.63, 3.8) is 0 Å². The summed E-state index contributed by atoms with van der Waals surface area (Å²) in [5, 5.41) is 7.04. The van der Waals surface area contributed by atoms with Crippen LogP contribution in [0.25, 0.3) is 0 Å². The number of fused-ring (bicyclic) bond motifs is 1. The molecule has 0 aliphatic carbocycles. The van der Waals surface area contributed by atoms with E-state index in [1.165, 1.54) is 6.92 Å². The molecule has 1 saturated heterocycles. The van der Waals surface area contributed by atoms with E-state index < -0.39 is 0 Å². The molecule has 1 fully saturated rings. The van der Waals surface area contributed by atoms with Crippen LogP contribution in [0.2, 0.25) is 0 Å². The van der Waals surface area contributed by atoms with E-state index in [0.29, 0.717) is 60.2 Å². The van der Waals surface area contributed by atoms with Crippen molar-refractivity contribution in [3.05, 3.63) is 35.2 Å². The SMILES string of the molecule is CC(=O)c1cc2c(cc1NC(=O)CN1CCN(C(=O)c3cn(C)nc3C)CC1)OCO2. The molecule has 1 aromatic carbocycles. The third-order valence-corrected chi connectivity index (χ3v) is 5.44. The molecule has 0 radical (unpaired) electrons. The third-order valence-electron chi connectivity index (χ3n) is 5.44. The molecular formula is C21H25N5O5. The maximum absolute atomic E-state index is 12.7. The lowest BCUT2D eigenvalue weighted by Crippen LogP contribution is -2.50. The zero-order chi connectivity index (χ0) is 22.1. The van der Waals surface area contributed by atoms with Crippen LogP contribution in [0, 0.1) is 6.92 Å². The highest BCUT2D eigenvalue weighted by Crippen LogP contribution is 2.37. The van der Waals surface area contributed by atoms with Crippen LogP contribution >= 0.6 is 0 Å². The fraction of sp³-hybridized carbons (Fsp3) is 0.429. The van der Waals surface area contributed by atoms with Crippen molar-refractivity contribution in [2.45, 2.75) is 13.8 Å². The van der Waals surface area contributed by atoms with Crippen LogP contribution in [-0.2, 0) is 11.8 Å². The Hall–Kier alpha value is -3.40. The Morgan fingerprint density at radius 2 is 1.74 bits per heavy atom. The summed E-state index contributed by atoms with van der Waals surface area (Å²) >= 11 is 0. The Balaban J connectivity index is 1.34. The van der Waals surface area contributed by atoms with Gasteiger partial charge in [-0.1, -0.05) is 0 Å². The minimum atomic E-state index is -0.232. The maximum atomic E-state index is 12.7. The normalized spacial score (nSPS) is 15.8. The van der Waals surface area contributed by atoms with Gasteiger partial charge in [0, 0.05) is 51.1 Å². The van der Waals surface area contributed by atoms with Crippen LogP contribution in [0.15, 0.2) is 18.3 Å². The van der Waals surface area contributed by atoms with Gasteiger partial charge in [0.2, 0.25) is 12.7 Å². The summed E-state index contributed by atoms with van der Waals surface area (Å²) in [4.78, 5) is 41.1. The first-order valence-electron chi connectivity index (χ1n) is 10.1. The predicted octanol–water partition coefficient (Wildman–Crippen LogP) is 1.06. The molecule has 0 bridgehead atoms. The highest BCUT2D eigenvalue weighted by Gasteiger charge is 2.26. The number of benzene rings is 1. The second-order valence-electron chi connectivity index (χ2n) is 7.73. The van der Waals surface area contributed by atoms with Crippen LogP contribution in [0.4, 0.5) is 5.69 Å². The Morgan fingerprint density at radius 1 is 1.06 bits per heavy atom. The summed E-state index contributed by atoms with van der Waals surface area (Å²) in [7, 11) is 1.79. The Bertz CT molecular complexity index is 1040. The van der Waals surface area contributed by atoms with Crippen molar-refractivity contribution in [1.82, 2.24) is 19.6 Å². The van der Waals surface area contributed by atoms with E-state index in [9.17, 15) is 14.4 Å². The zero-order valence-corrected chi connectivity index (χ0v) is 17.8. The summed E-state index contributed by atoms with van der Waals surface area (Å²) in [5.41, 5.74) is 2.09. The molecule has 0 saturated carbocycles. The van der Waals surface area contributed by atoms with Crippen LogP contribution in [-0.4, -0.2) is 76.7 Å². The molecule has 0 unspecified atom stereocenters. The molecule has 2 amide bonds. The number of amides is 2. The largest absolute Gasteiger partial charge is 0.454 e. The van der Waals surface area contributed by atoms with Gasteiger partial charge in [0.25, 0.3) is 5.91 Å². The van der Waals surface area contributed by atoms with Crippen LogP contribution < -0.4 is 14.8 Å². The van der Waals surface area contributed by atoms with E-state index in [1.807, 2.05) is 11.8 Å². The van der Waals surface area contributed by atoms with Crippen LogP contribution in [0.5, 0.6) is 11.5 Å². The molecule has 1 N–H and O–H groups in total. The van der Waals surface area contributed by atoms with Crippen LogP contribution in [0.3, 0.4) is 0 Å². The van der Waals surface area contributed by atoms with Gasteiger partial charge in [-0.15, -0.1) is 0 Å². The van der Waals surface area contributed by atoms with Gasteiger partial charge in [-0.3, -0.25) is 24.0 Å². The van der Waals surface area contributed by atoms with Crippen molar-refractivity contribution in [3.8, 4) is 11.5 Å². The van der Waals surface area contributed by atoms with Crippen LogP contribution in [0.1, 0.15) is 33.3 Å². The van der Waals surface area contributed by atoms with E-state index in [2.05, 4.69) is 10.4 Å². The number of piperazine rings is 1. The molecular weight excluding hydrogens is 402 g/mol. The molecule has 1 aromatic heterocycles. The Labute approximate surface area is 179 Å². The molecule has 2 aromatic rings. The Morgan fingerprint density at radius 3 is 2.35 bits per heavy atom.